The van der Waals surface area contributed by atoms with E-state index in [1.54, 1.807) is 0 Å². The van der Waals surface area contributed by atoms with Crippen molar-refractivity contribution in [2.45, 2.75) is 0 Å². The molecule has 0 aromatic heterocycles. The summed E-state index contributed by atoms with van der Waals surface area (Å²) in [6, 6.07) is 0. The van der Waals surface area contributed by atoms with Crippen molar-refractivity contribution in [1.82, 2.24) is 0 Å². The summed E-state index contributed by atoms with van der Waals surface area (Å²) in [4.78, 5) is 124. The minimum Gasteiger partial charge on any atom is -0.822 e. The van der Waals surface area contributed by atoms with Crippen LogP contribution >= 0.6 is 39.1 Å². The number of hydrogen-bond donors (Lipinski definition) is 3. The van der Waals surface area contributed by atoms with Crippen molar-refractivity contribution in [3.63, 3.8) is 0 Å². The Morgan fingerprint density at radius 3 is 0.357 bits per heavy atom. The van der Waals surface area contributed by atoms with Gasteiger partial charge in [-0.1, -0.05) is 0 Å². The van der Waals surface area contributed by atoms with Crippen molar-refractivity contribution in [2.24, 2.45) is 0 Å². The maximum atomic E-state index is 8.88. The molecule has 0 aliphatic rings. The molecule has 0 aromatic carbocycles. The molecule has 0 rings (SSSR count). The van der Waals surface area contributed by atoms with Gasteiger partial charge in [0, 0.05) is 0 Å². The van der Waals surface area contributed by atoms with Gasteiger partial charge in [0.25, 0.3) is 0 Å². The molecule has 0 saturated carbocycles. The molecule has 0 heterocycles. The first-order chi connectivity index (χ1) is 10.0. The Hall–Kier alpha value is 1.20. The van der Waals surface area contributed by atoms with Gasteiger partial charge in [0.05, 0.1) is 0 Å². The second-order valence-corrected chi connectivity index (χ2v) is 6.91. The van der Waals surface area contributed by atoms with Crippen LogP contribution in [0.4, 0.5) is 0 Å². The first-order valence-electron chi connectivity index (χ1n) is 3.70. The van der Waals surface area contributed by atoms with Gasteiger partial charge in [-0.25, -0.2) is 4.57 Å². The van der Waals surface area contributed by atoms with E-state index in [1.807, 2.05) is 0 Å². The largest absolute Gasteiger partial charge is 4.00 e. The van der Waals surface area contributed by atoms with Crippen molar-refractivity contribution in [2.75, 3.05) is 0 Å². The van der Waals surface area contributed by atoms with E-state index in [0.717, 1.165) is 0 Å². The van der Waals surface area contributed by atoms with Gasteiger partial charge < -0.3 is 91.7 Å². The monoisotopic (exact) mass is 562 g/mol. The summed E-state index contributed by atoms with van der Waals surface area (Å²) in [6.07, 6.45) is 0. The summed E-state index contributed by atoms with van der Waals surface area (Å²) in [7, 11) is -26.2. The smallest absolute Gasteiger partial charge is 0.822 e. The molecule has 160 valence electrons. The Kier molecular flexibility index (Phi) is 39.5. The van der Waals surface area contributed by atoms with Gasteiger partial charge in [-0.15, -0.1) is 0 Å². The van der Waals surface area contributed by atoms with Crippen molar-refractivity contribution < 1.29 is 96.2 Å². The molecule has 0 spiro atoms. The van der Waals surface area contributed by atoms with Crippen LogP contribution in [0.3, 0.4) is 0 Å². The molecule has 20 nitrogen and oxygen atoms in total. The standard InChI is InChI=1S/5H3O4P.3Si/c5*1-5(2,3)4;;;/h5*(H3,1,2,3,4);;;/q;;;;;3*+4/p-12. The Morgan fingerprint density at radius 2 is 0.357 bits per heavy atom. The molecule has 3 N–H and O–H groups in total. The normalized spacial score (nSPS) is 10.5. The maximum Gasteiger partial charge on any atom is 4.00 e. The van der Waals surface area contributed by atoms with Crippen molar-refractivity contribution in [1.29, 1.82) is 0 Å². The molecule has 0 aliphatic carbocycles. The molecule has 0 radical (unpaired) electrons. The molecule has 0 unspecified atom stereocenters. The third kappa shape index (κ3) is 13000. The van der Waals surface area contributed by atoms with E-state index in [-0.39, 0.29) is 32.9 Å². The minimum absolute atomic E-state index is 0. The van der Waals surface area contributed by atoms with Crippen LogP contribution in [0.25, 0.3) is 0 Å². The molecule has 0 amide bonds. The summed E-state index contributed by atoms with van der Waals surface area (Å²) in [5.41, 5.74) is 0. The van der Waals surface area contributed by atoms with Gasteiger partial charge >= 0.3 is 40.7 Å². The van der Waals surface area contributed by atoms with Crippen LogP contribution in [0.5, 0.6) is 0 Å². The molecular formula is H3O20P5Si3. The van der Waals surface area contributed by atoms with Gasteiger partial charge in [0.2, 0.25) is 0 Å². The van der Waals surface area contributed by atoms with Crippen LogP contribution in [0.2, 0.25) is 0 Å². The van der Waals surface area contributed by atoms with E-state index in [1.165, 1.54) is 0 Å². The molecular weight excluding hydrogens is 559 g/mol. The van der Waals surface area contributed by atoms with E-state index in [9.17, 15) is 0 Å². The van der Waals surface area contributed by atoms with Crippen LogP contribution in [0.15, 0.2) is 0 Å². The Labute approximate surface area is 168 Å². The van der Waals surface area contributed by atoms with Crippen molar-refractivity contribution in [3.05, 3.63) is 0 Å². The predicted octanol–water partition coefficient (Wildman–Crippen LogP) is -13.4. The molecule has 28 heteroatoms. The number of rotatable bonds is 0. The van der Waals surface area contributed by atoms with Crippen LogP contribution in [0.1, 0.15) is 0 Å². The summed E-state index contributed by atoms with van der Waals surface area (Å²) >= 11 is 0. The summed E-state index contributed by atoms with van der Waals surface area (Å²) in [6.45, 7) is 0. The fourth-order valence-electron chi connectivity index (χ4n) is 0. The fourth-order valence-corrected chi connectivity index (χ4v) is 0. The second kappa shape index (κ2) is 21.4. The third-order valence-electron chi connectivity index (χ3n) is 0. The van der Waals surface area contributed by atoms with Crippen LogP contribution in [-0.4, -0.2) is 47.6 Å². The Morgan fingerprint density at radius 1 is 0.357 bits per heavy atom. The summed E-state index contributed by atoms with van der Waals surface area (Å²) < 4.78 is 43.1. The average Bonchev–Trinajstić information content (AvgIpc) is 1.79. The maximum absolute atomic E-state index is 8.88. The quantitative estimate of drug-likeness (QED) is 0.182. The van der Waals surface area contributed by atoms with Crippen LogP contribution in [-0.2, 0) is 22.8 Å². The first-order valence-corrected chi connectivity index (χ1v) is 11.1. The molecule has 0 aromatic rings. The zero-order chi connectivity index (χ0) is 22.5. The fraction of sp³-hybridized carbons (Fsp3) is 0. The Bertz CT molecular complexity index is 379. The van der Waals surface area contributed by atoms with Gasteiger partial charge in [-0.05, 0) is 0 Å². The first kappa shape index (κ1) is 51.7. The van der Waals surface area contributed by atoms with E-state index in [4.69, 9.17) is 96.2 Å². The molecule has 0 atom stereocenters. The van der Waals surface area contributed by atoms with Gasteiger partial charge in [0.15, 0.2) is 0 Å². The number of hydrogen-bond acceptors (Lipinski definition) is 17. The topological polar surface area (TPSA) is 423 Å². The van der Waals surface area contributed by atoms with Gasteiger partial charge in [-0.2, -0.15) is 31.3 Å². The minimum atomic E-state index is -5.39. The molecule has 0 fully saturated rings. The van der Waals surface area contributed by atoms with Crippen molar-refractivity contribution >= 4 is 72.0 Å². The van der Waals surface area contributed by atoms with Gasteiger partial charge in [-0.3, -0.25) is 0 Å². The molecule has 0 saturated heterocycles. The van der Waals surface area contributed by atoms with E-state index in [2.05, 4.69) is 0 Å². The van der Waals surface area contributed by atoms with Crippen molar-refractivity contribution in [3.8, 4) is 0 Å². The van der Waals surface area contributed by atoms with Crippen LogP contribution < -0.4 is 58.7 Å². The number of phosphoric acid groups is 5. The zero-order valence-electron chi connectivity index (χ0n) is 12.0. The molecule has 28 heavy (non-hydrogen) atoms. The zero-order valence-corrected chi connectivity index (χ0v) is 19.5. The second-order valence-electron chi connectivity index (χ2n) is 2.30. The predicted molar refractivity (Wildman–Crippen MR) is 62.0 cm³/mol. The van der Waals surface area contributed by atoms with E-state index < -0.39 is 39.1 Å². The molecule has 0 aliphatic heterocycles. The van der Waals surface area contributed by atoms with Crippen LogP contribution in [0, 0.1) is 0 Å². The third-order valence-corrected chi connectivity index (χ3v) is 0. The summed E-state index contributed by atoms with van der Waals surface area (Å²) in [5, 5.41) is 0. The van der Waals surface area contributed by atoms with E-state index >= 15 is 0 Å². The van der Waals surface area contributed by atoms with Gasteiger partial charge in [0.1, 0.15) is 0 Å². The SMILES string of the molecule is O=P(O)(O)O.O=P([O-])([O-])[O-].O=P([O-])([O-])[O-].O=P([O-])([O-])[O-].O=P([O-])([O-])[O-].[Si+4].[Si+4].[Si+4]. The average molecular weight is 562 g/mol. The Balaban J connectivity index is -0.0000000290. The van der Waals surface area contributed by atoms with E-state index in [0.29, 0.717) is 0 Å². The molecule has 0 bridgehead atoms. The summed E-state index contributed by atoms with van der Waals surface area (Å²) in [5.74, 6) is 0.